The monoisotopic (exact) mass is 415 g/mol. The first-order valence-electron chi connectivity index (χ1n) is 10.4. The zero-order chi connectivity index (χ0) is 20.8. The highest BCUT2D eigenvalue weighted by molar-refractivity contribution is 7.99. The molecule has 0 aliphatic carbocycles. The third kappa shape index (κ3) is 4.41. The highest BCUT2D eigenvalue weighted by atomic mass is 32.2. The molecule has 1 N–H and O–H groups in total. The van der Waals surface area contributed by atoms with Gasteiger partial charge in [0.05, 0.1) is 6.10 Å². The van der Waals surface area contributed by atoms with E-state index in [0.29, 0.717) is 30.2 Å². The fourth-order valence-electron chi connectivity index (χ4n) is 4.48. The van der Waals surface area contributed by atoms with Gasteiger partial charge in [0.2, 0.25) is 0 Å². The number of fused-ring (bicyclic) bond motifs is 3. The minimum Gasteiger partial charge on any atom is -0.492 e. The lowest BCUT2D eigenvalue weighted by Crippen LogP contribution is -2.37. The van der Waals surface area contributed by atoms with E-state index in [1.165, 1.54) is 23.4 Å². The van der Waals surface area contributed by atoms with E-state index in [0.717, 1.165) is 22.1 Å². The first-order valence-corrected chi connectivity index (χ1v) is 11.2. The van der Waals surface area contributed by atoms with Gasteiger partial charge in [0.15, 0.2) is 0 Å². The topological polar surface area (TPSA) is 30.5 Å². The van der Waals surface area contributed by atoms with Crippen LogP contribution in [0.1, 0.15) is 46.1 Å². The van der Waals surface area contributed by atoms with Gasteiger partial charge in [-0.3, -0.25) is 0 Å². The van der Waals surface area contributed by atoms with Crippen LogP contribution in [-0.4, -0.2) is 25.3 Å². The predicted octanol–water partition coefficient (Wildman–Crippen LogP) is 5.87. The van der Waals surface area contributed by atoms with Gasteiger partial charge in [0.25, 0.3) is 0 Å². The van der Waals surface area contributed by atoms with E-state index in [9.17, 15) is 4.39 Å². The summed E-state index contributed by atoms with van der Waals surface area (Å²) in [4.78, 5) is 1.87. The average molecular weight is 416 g/mol. The quantitative estimate of drug-likeness (QED) is 0.676. The van der Waals surface area contributed by atoms with Crippen molar-refractivity contribution in [1.29, 1.82) is 0 Å². The molecular weight excluding hydrogens is 385 g/mol. The van der Waals surface area contributed by atoms with Gasteiger partial charge >= 0.3 is 0 Å². The molecule has 5 heteroatoms. The van der Waals surface area contributed by atoms with Gasteiger partial charge in [-0.05, 0) is 61.6 Å². The highest BCUT2D eigenvalue weighted by Crippen LogP contribution is 2.49. The molecule has 1 fully saturated rings. The van der Waals surface area contributed by atoms with Crippen LogP contribution in [0.4, 0.5) is 4.39 Å². The smallest absolute Gasteiger partial charge is 0.128 e. The van der Waals surface area contributed by atoms with Crippen LogP contribution in [0.25, 0.3) is 0 Å². The van der Waals surface area contributed by atoms with Gasteiger partial charge in [0, 0.05) is 27.8 Å². The van der Waals surface area contributed by atoms with E-state index in [4.69, 9.17) is 9.47 Å². The first kappa shape index (κ1) is 20.5. The Morgan fingerprint density at radius 1 is 1.14 bits per heavy atom. The van der Waals surface area contributed by atoms with E-state index in [-0.39, 0.29) is 17.3 Å². The third-order valence-electron chi connectivity index (χ3n) is 5.79. The molecule has 4 rings (SSSR count). The van der Waals surface area contributed by atoms with Crippen LogP contribution >= 0.6 is 11.8 Å². The molecule has 0 spiro atoms. The van der Waals surface area contributed by atoms with Crippen LogP contribution in [-0.2, 0) is 0 Å². The van der Waals surface area contributed by atoms with E-state index < -0.39 is 0 Å². The maximum atomic E-state index is 14.0. The lowest BCUT2D eigenvalue weighted by Gasteiger charge is -2.37. The van der Waals surface area contributed by atoms with Crippen molar-refractivity contribution in [1.82, 2.24) is 5.32 Å². The number of halogens is 1. The normalized spacial score (nSPS) is 23.5. The standard InChI is InChI=1S/C24H30FNO2S/c1-14(2)28-16-8-15(25)9-18(10-16)29-17-6-7-19-22(11-17)27-13-21-23(19)20(12-26-21)24(3,4)5/h6-11,14,20-21,23,26H,12-13H2,1-5H3. The summed E-state index contributed by atoms with van der Waals surface area (Å²) in [5, 5.41) is 3.65. The van der Waals surface area contributed by atoms with E-state index in [1.54, 1.807) is 6.07 Å². The fraction of sp³-hybridized carbons (Fsp3) is 0.500. The second kappa shape index (κ2) is 7.84. The van der Waals surface area contributed by atoms with Crippen molar-refractivity contribution in [2.45, 2.75) is 62.5 Å². The maximum Gasteiger partial charge on any atom is 0.128 e. The zero-order valence-corrected chi connectivity index (χ0v) is 18.6. The second-order valence-electron chi connectivity index (χ2n) is 9.41. The summed E-state index contributed by atoms with van der Waals surface area (Å²) in [6.45, 7) is 12.6. The van der Waals surface area contributed by atoms with Crippen molar-refractivity contribution in [3.63, 3.8) is 0 Å². The summed E-state index contributed by atoms with van der Waals surface area (Å²) in [6.07, 6.45) is 0.00974. The molecule has 0 radical (unpaired) electrons. The molecule has 0 bridgehead atoms. The molecule has 3 atom stereocenters. The Morgan fingerprint density at radius 3 is 2.66 bits per heavy atom. The molecule has 156 valence electrons. The molecule has 0 aromatic heterocycles. The van der Waals surface area contributed by atoms with Gasteiger partial charge in [-0.25, -0.2) is 4.39 Å². The third-order valence-corrected chi connectivity index (χ3v) is 6.76. The average Bonchev–Trinajstić information content (AvgIpc) is 3.05. The van der Waals surface area contributed by atoms with Crippen LogP contribution in [0.2, 0.25) is 0 Å². The second-order valence-corrected chi connectivity index (χ2v) is 10.6. The summed E-state index contributed by atoms with van der Waals surface area (Å²) in [6, 6.07) is 11.7. The Bertz CT molecular complexity index is 893. The largest absolute Gasteiger partial charge is 0.492 e. The fourth-order valence-corrected chi connectivity index (χ4v) is 5.40. The molecule has 2 aliphatic rings. The van der Waals surface area contributed by atoms with Gasteiger partial charge in [0.1, 0.15) is 23.9 Å². The number of ether oxygens (including phenoxy) is 2. The minimum absolute atomic E-state index is 0.00974. The molecule has 3 nitrogen and oxygen atoms in total. The molecule has 1 saturated heterocycles. The molecule has 2 aromatic rings. The summed E-state index contributed by atoms with van der Waals surface area (Å²) >= 11 is 1.53. The SMILES string of the molecule is CC(C)Oc1cc(F)cc(Sc2ccc3c(c2)OCC2NCC(C(C)(C)C)C32)c1. The maximum absolute atomic E-state index is 14.0. The lowest BCUT2D eigenvalue weighted by molar-refractivity contribution is 0.186. The highest BCUT2D eigenvalue weighted by Gasteiger charge is 2.45. The summed E-state index contributed by atoms with van der Waals surface area (Å²) in [5.74, 6) is 2.28. The molecule has 2 heterocycles. The minimum atomic E-state index is -0.284. The van der Waals surface area contributed by atoms with Crippen LogP contribution in [0.5, 0.6) is 11.5 Å². The Hall–Kier alpha value is -1.72. The van der Waals surface area contributed by atoms with Crippen molar-refractivity contribution in [2.75, 3.05) is 13.2 Å². The molecule has 0 amide bonds. The zero-order valence-electron chi connectivity index (χ0n) is 17.8. The van der Waals surface area contributed by atoms with Gasteiger partial charge in [-0.15, -0.1) is 0 Å². The molecular formula is C24H30FNO2S. The summed E-state index contributed by atoms with van der Waals surface area (Å²) < 4.78 is 25.8. The van der Waals surface area contributed by atoms with Crippen LogP contribution in [0, 0.1) is 17.2 Å². The molecule has 3 unspecified atom stereocenters. The van der Waals surface area contributed by atoms with E-state index >= 15 is 0 Å². The van der Waals surface area contributed by atoms with Crippen molar-refractivity contribution in [2.24, 2.45) is 11.3 Å². The number of benzene rings is 2. The summed E-state index contributed by atoms with van der Waals surface area (Å²) in [5.41, 5.74) is 1.53. The molecule has 29 heavy (non-hydrogen) atoms. The van der Waals surface area contributed by atoms with Crippen LogP contribution in [0.15, 0.2) is 46.2 Å². The Balaban J connectivity index is 1.59. The predicted molar refractivity (Wildman–Crippen MR) is 116 cm³/mol. The van der Waals surface area contributed by atoms with E-state index in [2.05, 4.69) is 44.3 Å². The first-order chi connectivity index (χ1) is 13.7. The van der Waals surface area contributed by atoms with E-state index in [1.807, 2.05) is 19.9 Å². The van der Waals surface area contributed by atoms with Crippen LogP contribution in [0.3, 0.4) is 0 Å². The Labute approximate surface area is 177 Å². The number of hydrogen-bond acceptors (Lipinski definition) is 4. The van der Waals surface area contributed by atoms with Crippen molar-refractivity contribution < 1.29 is 13.9 Å². The molecule has 2 aromatic carbocycles. The van der Waals surface area contributed by atoms with Gasteiger partial charge in [-0.1, -0.05) is 38.6 Å². The van der Waals surface area contributed by atoms with Crippen LogP contribution < -0.4 is 14.8 Å². The van der Waals surface area contributed by atoms with Gasteiger partial charge in [-0.2, -0.15) is 0 Å². The molecule has 0 saturated carbocycles. The summed E-state index contributed by atoms with van der Waals surface area (Å²) in [7, 11) is 0. The van der Waals surface area contributed by atoms with Crippen molar-refractivity contribution in [3.8, 4) is 11.5 Å². The number of hydrogen-bond donors (Lipinski definition) is 1. The van der Waals surface area contributed by atoms with Gasteiger partial charge < -0.3 is 14.8 Å². The Kier molecular flexibility index (Phi) is 5.56. The van der Waals surface area contributed by atoms with Crippen molar-refractivity contribution >= 4 is 11.8 Å². The lowest BCUT2D eigenvalue weighted by atomic mass is 9.70. The number of rotatable bonds is 4. The molecule has 2 aliphatic heterocycles. The van der Waals surface area contributed by atoms with Crippen molar-refractivity contribution in [3.05, 3.63) is 47.8 Å². The Morgan fingerprint density at radius 2 is 1.93 bits per heavy atom. The number of nitrogens with one attached hydrogen (secondary N) is 1.